The zero-order valence-electron chi connectivity index (χ0n) is 13.9. The standard InChI is InChI=1S/C18H20N4OS2/c1-19-18(20-9-11-24-15-6-3-2-4-7-15)21-12-14-13-23-17(22-14)16-8-5-10-25-16/h2-8,10,13H,9,11-12H2,1H3,(H2,19,20,21). The second-order valence-corrected chi connectivity index (χ2v) is 7.25. The van der Waals surface area contributed by atoms with E-state index in [-0.39, 0.29) is 0 Å². The summed E-state index contributed by atoms with van der Waals surface area (Å²) in [6, 6.07) is 14.4. The molecule has 5 nitrogen and oxygen atoms in total. The SMILES string of the molecule is CN=C(NCCSc1ccccc1)NCc1coc(-c2cccs2)n1. The number of nitrogens with one attached hydrogen (secondary N) is 2. The van der Waals surface area contributed by atoms with Gasteiger partial charge in [-0.25, -0.2) is 4.98 Å². The number of thioether (sulfide) groups is 1. The van der Waals surface area contributed by atoms with Crippen molar-refractivity contribution < 1.29 is 4.42 Å². The van der Waals surface area contributed by atoms with Crippen LogP contribution in [-0.2, 0) is 6.54 Å². The van der Waals surface area contributed by atoms with Gasteiger partial charge in [0.05, 0.1) is 17.1 Å². The summed E-state index contributed by atoms with van der Waals surface area (Å²) >= 11 is 3.43. The minimum absolute atomic E-state index is 0.570. The van der Waals surface area contributed by atoms with Crippen LogP contribution in [0.2, 0.25) is 0 Å². The summed E-state index contributed by atoms with van der Waals surface area (Å²) in [7, 11) is 1.76. The van der Waals surface area contributed by atoms with E-state index in [2.05, 4.69) is 44.9 Å². The molecule has 0 spiro atoms. The molecule has 2 heterocycles. The monoisotopic (exact) mass is 372 g/mol. The number of aliphatic imine (C=N–C) groups is 1. The average molecular weight is 373 g/mol. The summed E-state index contributed by atoms with van der Waals surface area (Å²) in [5.41, 5.74) is 0.852. The van der Waals surface area contributed by atoms with Crippen LogP contribution in [0, 0.1) is 0 Å². The Balaban J connectivity index is 1.40. The number of aromatic nitrogens is 1. The van der Waals surface area contributed by atoms with Crippen LogP contribution in [0.3, 0.4) is 0 Å². The van der Waals surface area contributed by atoms with E-state index in [0.717, 1.165) is 28.8 Å². The molecule has 0 unspecified atom stereocenters. The molecule has 1 aromatic carbocycles. The molecule has 0 aliphatic carbocycles. The number of rotatable bonds is 7. The summed E-state index contributed by atoms with van der Waals surface area (Å²) in [5.74, 6) is 2.39. The maximum atomic E-state index is 5.52. The molecule has 0 amide bonds. The highest BCUT2D eigenvalue weighted by molar-refractivity contribution is 7.99. The van der Waals surface area contributed by atoms with Crippen LogP contribution in [0.1, 0.15) is 5.69 Å². The second-order valence-electron chi connectivity index (χ2n) is 5.14. The third-order valence-electron chi connectivity index (χ3n) is 3.35. The largest absolute Gasteiger partial charge is 0.443 e. The Bertz CT molecular complexity index is 785. The molecular formula is C18H20N4OS2. The van der Waals surface area contributed by atoms with Crippen molar-refractivity contribution in [1.29, 1.82) is 0 Å². The number of thiophene rings is 1. The maximum Gasteiger partial charge on any atom is 0.236 e. The van der Waals surface area contributed by atoms with Crippen LogP contribution < -0.4 is 10.6 Å². The van der Waals surface area contributed by atoms with Crippen LogP contribution in [0.25, 0.3) is 10.8 Å². The van der Waals surface area contributed by atoms with Crippen molar-refractivity contribution in [2.75, 3.05) is 19.3 Å². The number of benzene rings is 1. The van der Waals surface area contributed by atoms with Crippen molar-refractivity contribution >= 4 is 29.1 Å². The molecule has 7 heteroatoms. The van der Waals surface area contributed by atoms with Crippen LogP contribution in [0.15, 0.2) is 68.4 Å². The topological polar surface area (TPSA) is 62.5 Å². The van der Waals surface area contributed by atoms with Crippen molar-refractivity contribution in [2.45, 2.75) is 11.4 Å². The molecule has 0 fully saturated rings. The molecule has 0 radical (unpaired) electrons. The van der Waals surface area contributed by atoms with E-state index in [1.165, 1.54) is 4.90 Å². The lowest BCUT2D eigenvalue weighted by molar-refractivity contribution is 0.573. The number of oxazole rings is 1. The third kappa shape index (κ3) is 5.37. The van der Waals surface area contributed by atoms with Gasteiger partial charge in [-0.15, -0.1) is 23.1 Å². The molecule has 0 bridgehead atoms. The highest BCUT2D eigenvalue weighted by atomic mass is 32.2. The Morgan fingerprint density at radius 3 is 2.84 bits per heavy atom. The third-order valence-corrected chi connectivity index (χ3v) is 5.22. The van der Waals surface area contributed by atoms with Crippen molar-refractivity contribution in [3.8, 4) is 10.8 Å². The Labute approximate surface area is 155 Å². The van der Waals surface area contributed by atoms with E-state index in [4.69, 9.17) is 4.42 Å². The quantitative estimate of drug-likeness (QED) is 0.285. The summed E-state index contributed by atoms with van der Waals surface area (Å²) in [6.07, 6.45) is 1.68. The molecule has 3 aromatic rings. The summed E-state index contributed by atoms with van der Waals surface area (Å²) in [6.45, 7) is 1.40. The lowest BCUT2D eigenvalue weighted by atomic mass is 10.4. The molecule has 0 saturated heterocycles. The van der Waals surface area contributed by atoms with Crippen molar-refractivity contribution in [3.63, 3.8) is 0 Å². The molecule has 130 valence electrons. The molecule has 2 aromatic heterocycles. The first-order valence-electron chi connectivity index (χ1n) is 7.96. The molecule has 25 heavy (non-hydrogen) atoms. The van der Waals surface area contributed by atoms with E-state index in [0.29, 0.717) is 12.4 Å². The van der Waals surface area contributed by atoms with Gasteiger partial charge in [0.2, 0.25) is 5.89 Å². The van der Waals surface area contributed by atoms with Crippen LogP contribution in [0.4, 0.5) is 0 Å². The van der Waals surface area contributed by atoms with E-state index in [9.17, 15) is 0 Å². The minimum atomic E-state index is 0.570. The average Bonchev–Trinajstić information content (AvgIpc) is 3.33. The first-order valence-corrected chi connectivity index (χ1v) is 9.82. The lowest BCUT2D eigenvalue weighted by Crippen LogP contribution is -2.38. The van der Waals surface area contributed by atoms with Gasteiger partial charge in [0.1, 0.15) is 6.26 Å². The molecule has 0 aliphatic heterocycles. The zero-order valence-corrected chi connectivity index (χ0v) is 15.6. The van der Waals surface area contributed by atoms with E-state index >= 15 is 0 Å². The zero-order chi connectivity index (χ0) is 17.3. The van der Waals surface area contributed by atoms with Gasteiger partial charge in [-0.3, -0.25) is 4.99 Å². The van der Waals surface area contributed by atoms with Crippen LogP contribution in [0.5, 0.6) is 0 Å². The first-order chi connectivity index (χ1) is 12.3. The van der Waals surface area contributed by atoms with E-state index in [1.54, 1.807) is 24.6 Å². The van der Waals surface area contributed by atoms with Gasteiger partial charge in [-0.1, -0.05) is 24.3 Å². The van der Waals surface area contributed by atoms with E-state index < -0.39 is 0 Å². The summed E-state index contributed by atoms with van der Waals surface area (Å²) in [4.78, 5) is 11.0. The molecule has 2 N–H and O–H groups in total. The number of nitrogens with zero attached hydrogens (tertiary/aromatic N) is 2. The predicted molar refractivity (Wildman–Crippen MR) is 105 cm³/mol. The molecular weight excluding hydrogens is 352 g/mol. The van der Waals surface area contributed by atoms with Gasteiger partial charge >= 0.3 is 0 Å². The first kappa shape index (κ1) is 17.6. The van der Waals surface area contributed by atoms with Crippen molar-refractivity contribution in [1.82, 2.24) is 15.6 Å². The molecule has 0 saturated carbocycles. The minimum Gasteiger partial charge on any atom is -0.443 e. The maximum absolute atomic E-state index is 5.52. The van der Waals surface area contributed by atoms with Gasteiger partial charge < -0.3 is 15.1 Å². The van der Waals surface area contributed by atoms with Crippen LogP contribution >= 0.6 is 23.1 Å². The summed E-state index contributed by atoms with van der Waals surface area (Å²) in [5, 5.41) is 8.57. The van der Waals surface area contributed by atoms with Gasteiger partial charge in [-0.2, -0.15) is 0 Å². The molecule has 3 rings (SSSR count). The fourth-order valence-corrected chi connectivity index (χ4v) is 3.60. The van der Waals surface area contributed by atoms with Gasteiger partial charge in [0, 0.05) is 24.2 Å². The lowest BCUT2D eigenvalue weighted by Gasteiger charge is -2.10. The highest BCUT2D eigenvalue weighted by Gasteiger charge is 2.08. The highest BCUT2D eigenvalue weighted by Crippen LogP contribution is 2.23. The Morgan fingerprint density at radius 2 is 2.08 bits per heavy atom. The Morgan fingerprint density at radius 1 is 1.20 bits per heavy atom. The number of hydrogen-bond acceptors (Lipinski definition) is 5. The van der Waals surface area contributed by atoms with Gasteiger partial charge in [0.15, 0.2) is 5.96 Å². The number of hydrogen-bond donors (Lipinski definition) is 2. The molecule has 0 atom stereocenters. The second kappa shape index (κ2) is 9.29. The number of guanidine groups is 1. The van der Waals surface area contributed by atoms with E-state index in [1.807, 2.05) is 35.3 Å². The fraction of sp³-hybridized carbons (Fsp3) is 0.222. The summed E-state index contributed by atoms with van der Waals surface area (Å²) < 4.78 is 5.52. The normalized spacial score (nSPS) is 11.5. The Hall–Kier alpha value is -2.25. The Kier molecular flexibility index (Phi) is 6.53. The van der Waals surface area contributed by atoms with Crippen molar-refractivity contribution in [2.24, 2.45) is 4.99 Å². The fourth-order valence-electron chi connectivity index (χ4n) is 2.15. The van der Waals surface area contributed by atoms with Gasteiger partial charge in [-0.05, 0) is 23.6 Å². The smallest absolute Gasteiger partial charge is 0.236 e. The van der Waals surface area contributed by atoms with Gasteiger partial charge in [0.25, 0.3) is 0 Å². The molecule has 0 aliphatic rings. The van der Waals surface area contributed by atoms with Crippen LogP contribution in [-0.4, -0.2) is 30.3 Å². The predicted octanol–water partition coefficient (Wildman–Crippen LogP) is 3.86. The van der Waals surface area contributed by atoms with Crippen molar-refractivity contribution in [3.05, 3.63) is 59.8 Å².